The Kier molecular flexibility index (Phi) is 7.42. The first kappa shape index (κ1) is 19.2. The van der Waals surface area contributed by atoms with E-state index in [-0.39, 0.29) is 30.4 Å². The van der Waals surface area contributed by atoms with E-state index in [1.807, 2.05) is 25.1 Å². The maximum atomic E-state index is 12.1. The molecule has 0 aliphatic rings. The molecule has 7 nitrogen and oxygen atoms in total. The first-order valence-corrected chi connectivity index (χ1v) is 8.49. The molecule has 0 heterocycles. The van der Waals surface area contributed by atoms with E-state index in [2.05, 4.69) is 5.32 Å². The summed E-state index contributed by atoms with van der Waals surface area (Å²) in [6.45, 7) is 2.81. The lowest BCUT2D eigenvalue weighted by Crippen LogP contribution is -2.14. The minimum absolute atomic E-state index is 0.0843. The maximum absolute atomic E-state index is 12.1. The van der Waals surface area contributed by atoms with Gasteiger partial charge in [0.25, 0.3) is 0 Å². The third kappa shape index (κ3) is 5.77. The second-order valence-electron chi connectivity index (χ2n) is 5.57. The minimum Gasteiger partial charge on any atom is -0.491 e. The van der Waals surface area contributed by atoms with E-state index in [0.29, 0.717) is 24.5 Å². The summed E-state index contributed by atoms with van der Waals surface area (Å²) in [5.74, 6) is 0.679. The molecule has 26 heavy (non-hydrogen) atoms. The van der Waals surface area contributed by atoms with Gasteiger partial charge in [0.1, 0.15) is 5.75 Å². The average Bonchev–Trinajstić information content (AvgIpc) is 2.64. The van der Waals surface area contributed by atoms with E-state index in [1.165, 1.54) is 6.07 Å². The number of carbonyl (C=O) groups excluding carboxylic acids is 1. The van der Waals surface area contributed by atoms with Crippen LogP contribution in [0.25, 0.3) is 0 Å². The Balaban J connectivity index is 1.81. The van der Waals surface area contributed by atoms with Gasteiger partial charge in [-0.2, -0.15) is 0 Å². The maximum Gasteiger partial charge on any atom is 0.310 e. The van der Waals surface area contributed by atoms with Gasteiger partial charge in [-0.15, -0.1) is 0 Å². The fourth-order valence-corrected chi connectivity index (χ4v) is 2.27. The van der Waals surface area contributed by atoms with Crippen molar-refractivity contribution >= 4 is 17.3 Å². The zero-order valence-electron chi connectivity index (χ0n) is 14.6. The van der Waals surface area contributed by atoms with Crippen molar-refractivity contribution in [1.82, 2.24) is 0 Å². The highest BCUT2D eigenvalue weighted by molar-refractivity contribution is 5.92. The zero-order valence-corrected chi connectivity index (χ0v) is 14.6. The number of para-hydroxylation sites is 4. The van der Waals surface area contributed by atoms with Crippen LogP contribution in [0.4, 0.5) is 11.4 Å². The van der Waals surface area contributed by atoms with Gasteiger partial charge < -0.3 is 14.8 Å². The van der Waals surface area contributed by atoms with Crippen LogP contribution in [-0.2, 0) is 4.79 Å². The van der Waals surface area contributed by atoms with Crippen LogP contribution in [0.2, 0.25) is 0 Å². The van der Waals surface area contributed by atoms with Crippen molar-refractivity contribution in [2.24, 2.45) is 0 Å². The van der Waals surface area contributed by atoms with Gasteiger partial charge in [-0.05, 0) is 31.0 Å². The molecule has 0 bridgehead atoms. The Morgan fingerprint density at radius 2 is 1.69 bits per heavy atom. The molecule has 0 aromatic heterocycles. The molecule has 138 valence electrons. The molecule has 1 amide bonds. The number of anilines is 1. The van der Waals surface area contributed by atoms with Crippen molar-refractivity contribution in [3.8, 4) is 11.5 Å². The van der Waals surface area contributed by atoms with E-state index in [4.69, 9.17) is 9.47 Å². The predicted molar refractivity (Wildman–Crippen MR) is 98.7 cm³/mol. The SMILES string of the molecule is CCCOc1ccccc1NC(=O)CCCOc1ccccc1[N+](=O)[O-]. The van der Waals surface area contributed by atoms with Crippen molar-refractivity contribution in [1.29, 1.82) is 0 Å². The number of nitrogens with zero attached hydrogens (tertiary/aromatic N) is 1. The van der Waals surface area contributed by atoms with Gasteiger partial charge in [0, 0.05) is 12.5 Å². The van der Waals surface area contributed by atoms with Crippen molar-refractivity contribution < 1.29 is 19.2 Å². The van der Waals surface area contributed by atoms with Crippen LogP contribution in [-0.4, -0.2) is 24.0 Å². The first-order chi connectivity index (χ1) is 12.6. The summed E-state index contributed by atoms with van der Waals surface area (Å²) in [5, 5.41) is 13.7. The first-order valence-electron chi connectivity index (χ1n) is 8.49. The van der Waals surface area contributed by atoms with Crippen LogP contribution >= 0.6 is 0 Å². The lowest BCUT2D eigenvalue weighted by Gasteiger charge is -2.12. The van der Waals surface area contributed by atoms with Crippen molar-refractivity contribution in [2.75, 3.05) is 18.5 Å². The molecule has 7 heteroatoms. The fourth-order valence-electron chi connectivity index (χ4n) is 2.27. The summed E-state index contributed by atoms with van der Waals surface area (Å²) < 4.78 is 11.0. The van der Waals surface area contributed by atoms with E-state index in [0.717, 1.165) is 6.42 Å². The third-order valence-electron chi connectivity index (χ3n) is 3.49. The smallest absolute Gasteiger partial charge is 0.310 e. The van der Waals surface area contributed by atoms with Crippen LogP contribution < -0.4 is 14.8 Å². The normalized spacial score (nSPS) is 10.2. The van der Waals surface area contributed by atoms with Gasteiger partial charge in [-0.25, -0.2) is 0 Å². The van der Waals surface area contributed by atoms with Gasteiger partial charge in [-0.3, -0.25) is 14.9 Å². The quantitative estimate of drug-likeness (QED) is 0.391. The summed E-state index contributed by atoms with van der Waals surface area (Å²) in [7, 11) is 0. The second kappa shape index (κ2) is 10.0. The van der Waals surface area contributed by atoms with Crippen LogP contribution in [0.5, 0.6) is 11.5 Å². The minimum atomic E-state index is -0.491. The standard InChI is InChI=1S/C19H22N2O5/c1-2-13-25-17-10-5-3-8-15(17)20-19(22)12-7-14-26-18-11-6-4-9-16(18)21(23)24/h3-6,8-11H,2,7,12-14H2,1H3,(H,20,22). The Bertz CT molecular complexity index is 748. The van der Waals surface area contributed by atoms with Gasteiger partial charge in [0.2, 0.25) is 5.91 Å². The number of hydrogen-bond donors (Lipinski definition) is 1. The summed E-state index contributed by atoms with van der Waals surface area (Å²) in [5.41, 5.74) is 0.546. The van der Waals surface area contributed by atoms with Crippen molar-refractivity contribution in [3.63, 3.8) is 0 Å². The highest BCUT2D eigenvalue weighted by atomic mass is 16.6. The molecular formula is C19H22N2O5. The summed E-state index contributed by atoms with van der Waals surface area (Å²) >= 11 is 0. The molecule has 2 aromatic rings. The van der Waals surface area contributed by atoms with Crippen LogP contribution in [0, 0.1) is 10.1 Å². The van der Waals surface area contributed by atoms with E-state index >= 15 is 0 Å². The molecule has 1 N–H and O–H groups in total. The zero-order chi connectivity index (χ0) is 18.8. The highest BCUT2D eigenvalue weighted by Gasteiger charge is 2.13. The molecule has 0 unspecified atom stereocenters. The number of benzene rings is 2. The van der Waals surface area contributed by atoms with E-state index in [1.54, 1.807) is 24.3 Å². The molecular weight excluding hydrogens is 336 g/mol. The van der Waals surface area contributed by atoms with Gasteiger partial charge in [0.05, 0.1) is 23.8 Å². The number of carbonyl (C=O) groups is 1. The Morgan fingerprint density at radius 3 is 2.42 bits per heavy atom. The van der Waals surface area contributed by atoms with Crippen LogP contribution in [0.15, 0.2) is 48.5 Å². The Hall–Kier alpha value is -3.09. The van der Waals surface area contributed by atoms with Gasteiger partial charge in [-0.1, -0.05) is 31.2 Å². The van der Waals surface area contributed by atoms with E-state index < -0.39 is 4.92 Å². The Labute approximate surface area is 152 Å². The molecule has 0 spiro atoms. The number of hydrogen-bond acceptors (Lipinski definition) is 5. The molecule has 2 rings (SSSR count). The van der Waals surface area contributed by atoms with Crippen LogP contribution in [0.1, 0.15) is 26.2 Å². The number of amides is 1. The topological polar surface area (TPSA) is 90.7 Å². The molecule has 0 aliphatic heterocycles. The summed E-state index contributed by atoms with van der Waals surface area (Å²) in [6, 6.07) is 13.4. The number of nitro benzene ring substituents is 1. The number of nitro groups is 1. The van der Waals surface area contributed by atoms with Crippen molar-refractivity contribution in [3.05, 3.63) is 58.6 Å². The molecule has 0 atom stereocenters. The van der Waals surface area contributed by atoms with Gasteiger partial charge >= 0.3 is 5.69 Å². The average molecular weight is 358 g/mol. The van der Waals surface area contributed by atoms with Crippen molar-refractivity contribution in [2.45, 2.75) is 26.2 Å². The lowest BCUT2D eigenvalue weighted by molar-refractivity contribution is -0.385. The molecule has 0 aliphatic carbocycles. The second-order valence-corrected chi connectivity index (χ2v) is 5.57. The fraction of sp³-hybridized carbons (Fsp3) is 0.316. The Morgan fingerprint density at radius 1 is 1.04 bits per heavy atom. The van der Waals surface area contributed by atoms with E-state index in [9.17, 15) is 14.9 Å². The highest BCUT2D eigenvalue weighted by Crippen LogP contribution is 2.26. The molecule has 0 radical (unpaired) electrons. The predicted octanol–water partition coefficient (Wildman–Crippen LogP) is 4.18. The van der Waals surface area contributed by atoms with Gasteiger partial charge in [0.15, 0.2) is 5.75 Å². The number of ether oxygens (including phenoxy) is 2. The van der Waals surface area contributed by atoms with Crippen LogP contribution in [0.3, 0.4) is 0 Å². The third-order valence-corrected chi connectivity index (χ3v) is 3.49. The molecule has 0 fully saturated rings. The monoisotopic (exact) mass is 358 g/mol. The molecule has 2 aromatic carbocycles. The summed E-state index contributed by atoms with van der Waals surface area (Å²) in [4.78, 5) is 22.5. The largest absolute Gasteiger partial charge is 0.491 e. The number of nitrogens with one attached hydrogen (secondary N) is 1. The molecule has 0 saturated heterocycles. The molecule has 0 saturated carbocycles. The lowest BCUT2D eigenvalue weighted by atomic mass is 10.2. The summed E-state index contributed by atoms with van der Waals surface area (Å²) in [6.07, 6.45) is 1.56. The number of rotatable bonds is 10.